The molecule has 0 aliphatic heterocycles. The number of aromatic nitrogens is 2. The highest BCUT2D eigenvalue weighted by Crippen LogP contribution is 2.31. The Hall–Kier alpha value is -1.96. The fourth-order valence-corrected chi connectivity index (χ4v) is 2.62. The van der Waals surface area contributed by atoms with E-state index in [2.05, 4.69) is 5.10 Å². The van der Waals surface area contributed by atoms with Crippen LogP contribution in [0, 0.1) is 0 Å². The van der Waals surface area contributed by atoms with Crippen molar-refractivity contribution in [3.05, 3.63) is 41.7 Å². The van der Waals surface area contributed by atoms with Gasteiger partial charge in [0.15, 0.2) is 0 Å². The van der Waals surface area contributed by atoms with E-state index in [1.54, 1.807) is 12.1 Å². The van der Waals surface area contributed by atoms with Crippen LogP contribution in [0.1, 0.15) is 22.8 Å². The molecule has 21 heavy (non-hydrogen) atoms. The summed E-state index contributed by atoms with van der Waals surface area (Å²) < 4.78 is 38.7. The largest absolute Gasteiger partial charge is 0.478 e. The van der Waals surface area contributed by atoms with Crippen LogP contribution in [0.2, 0.25) is 0 Å². The van der Waals surface area contributed by atoms with E-state index in [1.807, 2.05) is 6.92 Å². The number of halogens is 3. The summed E-state index contributed by atoms with van der Waals surface area (Å²) in [5.41, 5.74) is -0.870. The molecule has 1 aromatic carbocycles. The molecule has 1 aromatic heterocycles. The lowest BCUT2D eigenvalue weighted by Crippen LogP contribution is -2.08. The third-order valence-electron chi connectivity index (χ3n) is 2.67. The second-order valence-electron chi connectivity index (χ2n) is 4.06. The van der Waals surface area contributed by atoms with Gasteiger partial charge in [-0.05, 0) is 17.9 Å². The summed E-state index contributed by atoms with van der Waals surface area (Å²) in [5, 5.41) is 12.9. The van der Waals surface area contributed by atoms with Gasteiger partial charge in [0.2, 0.25) is 0 Å². The van der Waals surface area contributed by atoms with E-state index >= 15 is 0 Å². The third kappa shape index (κ3) is 3.21. The van der Waals surface area contributed by atoms with Crippen molar-refractivity contribution >= 4 is 17.7 Å². The Morgan fingerprint density at radius 3 is 2.67 bits per heavy atom. The third-order valence-corrected chi connectivity index (χ3v) is 3.61. The van der Waals surface area contributed by atoms with Crippen molar-refractivity contribution in [2.75, 3.05) is 5.75 Å². The van der Waals surface area contributed by atoms with Crippen molar-refractivity contribution < 1.29 is 23.1 Å². The standard InChI is InChI=1S/C13H11F3N2O2S/c1-2-21-10-5-3-4-9(11(10)12(19)20)18-7-8(6-17-18)13(14,15)16/h3-7H,2H2,1H3,(H,19,20). The molecule has 0 saturated heterocycles. The summed E-state index contributed by atoms with van der Waals surface area (Å²) in [6.07, 6.45) is -3.06. The van der Waals surface area contributed by atoms with Crippen LogP contribution < -0.4 is 0 Å². The SMILES string of the molecule is CCSc1cccc(-n2cc(C(F)(F)F)cn2)c1C(=O)O. The first-order valence-electron chi connectivity index (χ1n) is 5.96. The van der Waals surface area contributed by atoms with Crippen molar-refractivity contribution in [2.45, 2.75) is 18.0 Å². The molecule has 1 N–H and O–H groups in total. The molecule has 1 heterocycles. The van der Waals surface area contributed by atoms with E-state index in [9.17, 15) is 23.1 Å². The molecule has 112 valence electrons. The van der Waals surface area contributed by atoms with Gasteiger partial charge in [0.1, 0.15) is 0 Å². The van der Waals surface area contributed by atoms with Gasteiger partial charge in [0.05, 0.1) is 23.0 Å². The first-order valence-corrected chi connectivity index (χ1v) is 6.94. The van der Waals surface area contributed by atoms with Crippen LogP contribution in [0.15, 0.2) is 35.5 Å². The number of rotatable bonds is 4. The maximum Gasteiger partial charge on any atom is 0.419 e. The van der Waals surface area contributed by atoms with Crippen LogP contribution in [0.5, 0.6) is 0 Å². The minimum atomic E-state index is -4.52. The van der Waals surface area contributed by atoms with Crippen LogP contribution in [0.3, 0.4) is 0 Å². The maximum atomic E-state index is 12.6. The highest BCUT2D eigenvalue weighted by molar-refractivity contribution is 7.99. The quantitative estimate of drug-likeness (QED) is 0.874. The number of carbonyl (C=O) groups is 1. The molecule has 0 spiro atoms. The highest BCUT2D eigenvalue weighted by Gasteiger charge is 2.32. The van der Waals surface area contributed by atoms with Crippen molar-refractivity contribution in [1.82, 2.24) is 9.78 Å². The Balaban J connectivity index is 2.56. The van der Waals surface area contributed by atoms with Crippen molar-refractivity contribution in [3.63, 3.8) is 0 Å². The molecule has 0 unspecified atom stereocenters. The number of carboxylic acid groups (broad SMARTS) is 1. The van der Waals surface area contributed by atoms with Crippen molar-refractivity contribution in [2.24, 2.45) is 0 Å². The van der Waals surface area contributed by atoms with Gasteiger partial charge >= 0.3 is 12.1 Å². The lowest BCUT2D eigenvalue weighted by molar-refractivity contribution is -0.137. The maximum absolute atomic E-state index is 12.6. The molecule has 4 nitrogen and oxygen atoms in total. The van der Waals surface area contributed by atoms with Gasteiger partial charge < -0.3 is 5.11 Å². The molecule has 8 heteroatoms. The summed E-state index contributed by atoms with van der Waals surface area (Å²) in [4.78, 5) is 11.9. The zero-order chi connectivity index (χ0) is 15.6. The fraction of sp³-hybridized carbons (Fsp3) is 0.231. The van der Waals surface area contributed by atoms with E-state index < -0.39 is 17.7 Å². The van der Waals surface area contributed by atoms with Gasteiger partial charge in [-0.25, -0.2) is 9.48 Å². The van der Waals surface area contributed by atoms with Crippen LogP contribution in [0.25, 0.3) is 5.69 Å². The van der Waals surface area contributed by atoms with Gasteiger partial charge in [-0.15, -0.1) is 11.8 Å². The van der Waals surface area contributed by atoms with Gasteiger partial charge in [0.25, 0.3) is 0 Å². The molecular weight excluding hydrogens is 305 g/mol. The first-order chi connectivity index (χ1) is 9.84. The lowest BCUT2D eigenvalue weighted by Gasteiger charge is -2.10. The lowest BCUT2D eigenvalue weighted by atomic mass is 10.2. The Morgan fingerprint density at radius 2 is 2.14 bits per heavy atom. The van der Waals surface area contributed by atoms with Crippen molar-refractivity contribution in [3.8, 4) is 5.69 Å². The van der Waals surface area contributed by atoms with Crippen molar-refractivity contribution in [1.29, 1.82) is 0 Å². The zero-order valence-corrected chi connectivity index (χ0v) is 11.7. The minimum absolute atomic E-state index is 0.0545. The number of alkyl halides is 3. The topological polar surface area (TPSA) is 55.1 Å². The average Bonchev–Trinajstić information content (AvgIpc) is 2.87. The molecule has 2 aromatic rings. The minimum Gasteiger partial charge on any atom is -0.478 e. The van der Waals surface area contributed by atoms with Gasteiger partial charge in [-0.1, -0.05) is 13.0 Å². The van der Waals surface area contributed by atoms with Crippen LogP contribution in [-0.4, -0.2) is 26.6 Å². The number of nitrogens with zero attached hydrogens (tertiary/aromatic N) is 2. The predicted molar refractivity (Wildman–Crippen MR) is 71.9 cm³/mol. The van der Waals surface area contributed by atoms with Gasteiger partial charge in [-0.3, -0.25) is 0 Å². The molecular formula is C13H11F3N2O2S. The van der Waals surface area contributed by atoms with E-state index in [1.165, 1.54) is 17.8 Å². The van der Waals surface area contributed by atoms with E-state index in [4.69, 9.17) is 0 Å². The molecule has 0 saturated carbocycles. The highest BCUT2D eigenvalue weighted by atomic mass is 32.2. The number of carboxylic acids is 1. The molecule has 0 bridgehead atoms. The summed E-state index contributed by atoms with van der Waals surface area (Å²) in [5.74, 6) is -0.554. The molecule has 0 aliphatic rings. The molecule has 0 amide bonds. The van der Waals surface area contributed by atoms with Gasteiger partial charge in [-0.2, -0.15) is 18.3 Å². The van der Waals surface area contributed by atoms with Crippen LogP contribution in [-0.2, 0) is 6.18 Å². The second-order valence-corrected chi connectivity index (χ2v) is 5.37. The predicted octanol–water partition coefficient (Wildman–Crippen LogP) is 3.70. The smallest absolute Gasteiger partial charge is 0.419 e. The van der Waals surface area contributed by atoms with E-state index in [0.29, 0.717) is 16.8 Å². The number of hydrogen-bond acceptors (Lipinski definition) is 3. The molecule has 0 fully saturated rings. The fourth-order valence-electron chi connectivity index (χ4n) is 1.80. The summed E-state index contributed by atoms with van der Waals surface area (Å²) in [7, 11) is 0. The normalized spacial score (nSPS) is 11.6. The zero-order valence-electron chi connectivity index (χ0n) is 10.9. The first kappa shape index (κ1) is 15.4. The summed E-state index contributed by atoms with van der Waals surface area (Å²) >= 11 is 1.31. The second kappa shape index (κ2) is 5.80. The number of hydrogen-bond donors (Lipinski definition) is 1. The Morgan fingerprint density at radius 1 is 1.43 bits per heavy atom. The monoisotopic (exact) mass is 316 g/mol. The molecule has 0 aliphatic carbocycles. The van der Waals surface area contributed by atoms with Crippen LogP contribution in [0.4, 0.5) is 13.2 Å². The molecule has 2 rings (SSSR count). The number of aromatic carboxylic acids is 1. The van der Waals surface area contributed by atoms with Gasteiger partial charge in [0, 0.05) is 11.1 Å². The molecule has 0 radical (unpaired) electrons. The Kier molecular flexibility index (Phi) is 4.26. The van der Waals surface area contributed by atoms with Crippen LogP contribution >= 0.6 is 11.8 Å². The average molecular weight is 316 g/mol. The number of thioether (sulfide) groups is 1. The Bertz CT molecular complexity index is 668. The Labute approximate surface area is 122 Å². The van der Waals surface area contributed by atoms with E-state index in [-0.39, 0.29) is 11.3 Å². The summed E-state index contributed by atoms with van der Waals surface area (Å²) in [6, 6.07) is 4.64. The summed E-state index contributed by atoms with van der Waals surface area (Å²) in [6.45, 7) is 1.86. The number of benzene rings is 1. The van der Waals surface area contributed by atoms with E-state index in [0.717, 1.165) is 10.9 Å². The molecule has 0 atom stereocenters.